The van der Waals surface area contributed by atoms with Crippen LogP contribution >= 0.6 is 0 Å². The maximum absolute atomic E-state index is 12.1. The molecule has 1 atom stereocenters. The molecule has 1 aliphatic heterocycles. The third kappa shape index (κ3) is 3.34. The third-order valence-corrected chi connectivity index (χ3v) is 3.86. The molecule has 0 radical (unpaired) electrons. The Morgan fingerprint density at radius 2 is 1.83 bits per heavy atom. The molecule has 0 saturated heterocycles. The predicted octanol–water partition coefficient (Wildman–Crippen LogP) is 2.01. The van der Waals surface area contributed by atoms with Crippen molar-refractivity contribution in [1.29, 1.82) is 0 Å². The monoisotopic (exact) mass is 310 g/mol. The maximum atomic E-state index is 12.1. The van der Waals surface area contributed by atoms with Crippen molar-refractivity contribution in [3.63, 3.8) is 0 Å². The van der Waals surface area contributed by atoms with E-state index in [0.717, 1.165) is 17.5 Å². The van der Waals surface area contributed by atoms with Crippen LogP contribution in [0.2, 0.25) is 0 Å². The second-order valence-electron chi connectivity index (χ2n) is 5.41. The standard InChI is InChI=1S/C18H18N2O3/c1-2-12-7-9-13(10-8-12)17(21)19-20-18(22)16-11-14-5-3-4-6-15(14)23-16/h3-10,16H,2,11H2,1H3,(H,19,21)(H,20,22)/t16-/m0/s1. The van der Waals surface area contributed by atoms with Gasteiger partial charge in [0, 0.05) is 12.0 Å². The molecule has 2 aromatic rings. The van der Waals surface area contributed by atoms with E-state index >= 15 is 0 Å². The maximum Gasteiger partial charge on any atom is 0.279 e. The molecule has 5 heteroatoms. The molecule has 0 aliphatic carbocycles. The number of carbonyl (C=O) groups excluding carboxylic acids is 2. The molecule has 2 amide bonds. The Kier molecular flexibility index (Phi) is 4.28. The topological polar surface area (TPSA) is 67.4 Å². The van der Waals surface area contributed by atoms with Crippen LogP contribution in [0.4, 0.5) is 0 Å². The normalized spacial score (nSPS) is 15.4. The van der Waals surface area contributed by atoms with Crippen molar-refractivity contribution in [2.45, 2.75) is 25.9 Å². The summed E-state index contributed by atoms with van der Waals surface area (Å²) in [5.74, 6) is 0.00498. The van der Waals surface area contributed by atoms with Crippen LogP contribution in [0.3, 0.4) is 0 Å². The van der Waals surface area contributed by atoms with Gasteiger partial charge in [0.15, 0.2) is 6.10 Å². The van der Waals surface area contributed by atoms with Crippen LogP contribution in [0, 0.1) is 0 Å². The van der Waals surface area contributed by atoms with Gasteiger partial charge in [-0.05, 0) is 35.7 Å². The molecule has 23 heavy (non-hydrogen) atoms. The number of para-hydroxylation sites is 1. The first-order valence-electron chi connectivity index (χ1n) is 7.61. The van der Waals surface area contributed by atoms with Crippen molar-refractivity contribution >= 4 is 11.8 Å². The van der Waals surface area contributed by atoms with E-state index in [2.05, 4.69) is 17.8 Å². The minimum Gasteiger partial charge on any atom is -0.480 e. The number of aryl methyl sites for hydroxylation is 1. The fraction of sp³-hybridized carbons (Fsp3) is 0.222. The van der Waals surface area contributed by atoms with E-state index in [1.165, 1.54) is 0 Å². The van der Waals surface area contributed by atoms with Crippen LogP contribution in [0.25, 0.3) is 0 Å². The first-order valence-corrected chi connectivity index (χ1v) is 7.61. The summed E-state index contributed by atoms with van der Waals surface area (Å²) >= 11 is 0. The molecule has 5 nitrogen and oxygen atoms in total. The van der Waals surface area contributed by atoms with E-state index in [0.29, 0.717) is 17.7 Å². The van der Waals surface area contributed by atoms with E-state index in [1.54, 1.807) is 12.1 Å². The van der Waals surface area contributed by atoms with Crippen molar-refractivity contribution in [2.24, 2.45) is 0 Å². The lowest BCUT2D eigenvalue weighted by Crippen LogP contribution is -2.47. The first-order chi connectivity index (χ1) is 11.2. The van der Waals surface area contributed by atoms with Gasteiger partial charge in [-0.1, -0.05) is 37.3 Å². The Morgan fingerprint density at radius 3 is 2.52 bits per heavy atom. The van der Waals surface area contributed by atoms with Crippen LogP contribution in [0.15, 0.2) is 48.5 Å². The Labute approximate surface area is 134 Å². The van der Waals surface area contributed by atoms with Crippen molar-refractivity contribution in [2.75, 3.05) is 0 Å². The average molecular weight is 310 g/mol. The second-order valence-corrected chi connectivity index (χ2v) is 5.41. The van der Waals surface area contributed by atoms with Crippen LogP contribution in [-0.2, 0) is 17.6 Å². The second kappa shape index (κ2) is 6.52. The number of benzene rings is 2. The zero-order chi connectivity index (χ0) is 16.2. The Balaban J connectivity index is 1.54. The van der Waals surface area contributed by atoms with Gasteiger partial charge in [-0.2, -0.15) is 0 Å². The molecule has 3 rings (SSSR count). The Bertz CT molecular complexity index is 700. The van der Waals surface area contributed by atoms with Crippen molar-refractivity contribution in [3.05, 3.63) is 65.2 Å². The highest BCUT2D eigenvalue weighted by molar-refractivity contribution is 5.95. The Morgan fingerprint density at radius 1 is 1.09 bits per heavy atom. The van der Waals surface area contributed by atoms with E-state index in [1.807, 2.05) is 36.4 Å². The van der Waals surface area contributed by atoms with Gasteiger partial charge in [-0.25, -0.2) is 0 Å². The van der Waals surface area contributed by atoms with E-state index < -0.39 is 6.10 Å². The number of fused-ring (bicyclic) bond motifs is 1. The number of hydrazine groups is 1. The summed E-state index contributed by atoms with van der Waals surface area (Å²) in [7, 11) is 0. The van der Waals surface area contributed by atoms with Crippen molar-refractivity contribution in [1.82, 2.24) is 10.9 Å². The summed E-state index contributed by atoms with van der Waals surface area (Å²) in [4.78, 5) is 24.1. The minimum absolute atomic E-state index is 0.350. The molecule has 0 aromatic heterocycles. The number of hydrogen-bond donors (Lipinski definition) is 2. The smallest absolute Gasteiger partial charge is 0.279 e. The van der Waals surface area contributed by atoms with Gasteiger partial charge in [0.2, 0.25) is 0 Å². The number of carbonyl (C=O) groups is 2. The Hall–Kier alpha value is -2.82. The fourth-order valence-electron chi connectivity index (χ4n) is 2.49. The number of ether oxygens (including phenoxy) is 1. The zero-order valence-corrected chi connectivity index (χ0v) is 12.8. The lowest BCUT2D eigenvalue weighted by Gasteiger charge is -2.12. The first kappa shape index (κ1) is 15.1. The zero-order valence-electron chi connectivity index (χ0n) is 12.8. The van der Waals surface area contributed by atoms with E-state index in [9.17, 15) is 9.59 Å². The third-order valence-electron chi connectivity index (χ3n) is 3.86. The van der Waals surface area contributed by atoms with Crippen molar-refractivity contribution < 1.29 is 14.3 Å². The molecule has 1 heterocycles. The molecule has 0 bridgehead atoms. The van der Waals surface area contributed by atoms with Gasteiger partial charge in [0.25, 0.3) is 11.8 Å². The van der Waals surface area contributed by atoms with Gasteiger partial charge in [0.1, 0.15) is 5.75 Å². The van der Waals surface area contributed by atoms with Gasteiger partial charge >= 0.3 is 0 Å². The summed E-state index contributed by atoms with van der Waals surface area (Å²) in [6, 6.07) is 14.8. The van der Waals surface area contributed by atoms with Crippen LogP contribution in [0.5, 0.6) is 5.75 Å². The molecule has 2 aromatic carbocycles. The molecule has 2 N–H and O–H groups in total. The van der Waals surface area contributed by atoms with Crippen LogP contribution < -0.4 is 15.6 Å². The molecular formula is C18H18N2O3. The predicted molar refractivity (Wildman–Crippen MR) is 86.0 cm³/mol. The summed E-state index contributed by atoms with van der Waals surface area (Å²) in [5, 5.41) is 0. The van der Waals surface area contributed by atoms with Gasteiger partial charge in [0.05, 0.1) is 0 Å². The highest BCUT2D eigenvalue weighted by Gasteiger charge is 2.28. The molecular weight excluding hydrogens is 292 g/mol. The number of nitrogens with one attached hydrogen (secondary N) is 2. The van der Waals surface area contributed by atoms with Gasteiger partial charge in [-0.15, -0.1) is 0 Å². The molecule has 0 saturated carbocycles. The summed E-state index contributed by atoms with van der Waals surface area (Å²) < 4.78 is 5.57. The molecule has 1 aliphatic rings. The average Bonchev–Trinajstić information content (AvgIpc) is 3.03. The lowest BCUT2D eigenvalue weighted by molar-refractivity contribution is -0.128. The van der Waals surface area contributed by atoms with Gasteiger partial charge < -0.3 is 4.74 Å². The quantitative estimate of drug-likeness (QED) is 0.852. The largest absolute Gasteiger partial charge is 0.480 e. The van der Waals surface area contributed by atoms with Crippen molar-refractivity contribution in [3.8, 4) is 5.75 Å². The number of hydrogen-bond acceptors (Lipinski definition) is 3. The SMILES string of the molecule is CCc1ccc(C(=O)NNC(=O)[C@@H]2Cc3ccccc3O2)cc1. The number of rotatable bonds is 3. The van der Waals surface area contributed by atoms with Crippen LogP contribution in [-0.4, -0.2) is 17.9 Å². The molecule has 0 unspecified atom stereocenters. The van der Waals surface area contributed by atoms with Crippen LogP contribution in [0.1, 0.15) is 28.4 Å². The van der Waals surface area contributed by atoms with E-state index in [-0.39, 0.29) is 11.8 Å². The molecule has 0 fully saturated rings. The summed E-state index contributed by atoms with van der Waals surface area (Å²) in [6.07, 6.45) is 0.802. The molecule has 0 spiro atoms. The van der Waals surface area contributed by atoms with Gasteiger partial charge in [-0.3, -0.25) is 20.4 Å². The summed E-state index contributed by atoms with van der Waals surface area (Å²) in [5.41, 5.74) is 7.49. The fourth-order valence-corrected chi connectivity index (χ4v) is 2.49. The highest BCUT2D eigenvalue weighted by atomic mass is 16.5. The molecule has 118 valence electrons. The highest BCUT2D eigenvalue weighted by Crippen LogP contribution is 2.27. The summed E-state index contributed by atoms with van der Waals surface area (Å²) in [6.45, 7) is 2.05. The minimum atomic E-state index is -0.616. The number of amides is 2. The van der Waals surface area contributed by atoms with E-state index in [4.69, 9.17) is 4.74 Å². The lowest BCUT2D eigenvalue weighted by atomic mass is 10.1.